The van der Waals surface area contributed by atoms with Gasteiger partial charge in [0.2, 0.25) is 0 Å². The van der Waals surface area contributed by atoms with E-state index in [-0.39, 0.29) is 5.91 Å². The molecule has 0 bridgehead atoms. The van der Waals surface area contributed by atoms with Gasteiger partial charge in [-0.2, -0.15) is 5.10 Å². The zero-order valence-electron chi connectivity index (χ0n) is 17.0. The zero-order chi connectivity index (χ0) is 20.5. The SMILES string of the molecule is CCn1cnnc1-c1nn(C)c2c1CN(C(=O)c1ccc(OC)c(OC)c1)CC2. The summed E-state index contributed by atoms with van der Waals surface area (Å²) in [5.74, 6) is 1.81. The number of hydrogen-bond acceptors (Lipinski definition) is 6. The Morgan fingerprint density at radius 2 is 2.00 bits per heavy atom. The lowest BCUT2D eigenvalue weighted by Crippen LogP contribution is -2.36. The fourth-order valence-corrected chi connectivity index (χ4v) is 3.77. The molecule has 9 heteroatoms. The molecule has 2 aromatic heterocycles. The summed E-state index contributed by atoms with van der Waals surface area (Å²) in [6, 6.07) is 5.23. The van der Waals surface area contributed by atoms with E-state index in [1.54, 1.807) is 38.7 Å². The molecular weight excluding hydrogens is 372 g/mol. The number of nitrogens with zero attached hydrogens (tertiary/aromatic N) is 6. The second-order valence-electron chi connectivity index (χ2n) is 6.88. The van der Waals surface area contributed by atoms with E-state index in [1.807, 2.05) is 28.1 Å². The summed E-state index contributed by atoms with van der Waals surface area (Å²) in [5, 5.41) is 13.0. The number of methoxy groups -OCH3 is 2. The lowest BCUT2D eigenvalue weighted by Gasteiger charge is -2.28. The summed E-state index contributed by atoms with van der Waals surface area (Å²) in [7, 11) is 5.07. The molecule has 0 radical (unpaired) electrons. The van der Waals surface area contributed by atoms with Gasteiger partial charge in [0.05, 0.1) is 20.8 Å². The van der Waals surface area contributed by atoms with Crippen molar-refractivity contribution in [1.82, 2.24) is 29.4 Å². The van der Waals surface area contributed by atoms with Crippen LogP contribution >= 0.6 is 0 Å². The molecule has 0 unspecified atom stereocenters. The quantitative estimate of drug-likeness (QED) is 0.655. The third-order valence-corrected chi connectivity index (χ3v) is 5.33. The van der Waals surface area contributed by atoms with Crippen LogP contribution in [0.15, 0.2) is 24.5 Å². The maximum absolute atomic E-state index is 13.2. The van der Waals surface area contributed by atoms with E-state index in [9.17, 15) is 4.79 Å². The highest BCUT2D eigenvalue weighted by atomic mass is 16.5. The third-order valence-electron chi connectivity index (χ3n) is 5.33. The number of fused-ring (bicyclic) bond motifs is 1. The van der Waals surface area contributed by atoms with Crippen LogP contribution in [0, 0.1) is 0 Å². The summed E-state index contributed by atoms with van der Waals surface area (Å²) in [4.78, 5) is 15.0. The number of carbonyl (C=O) groups is 1. The van der Waals surface area contributed by atoms with Gasteiger partial charge in [-0.05, 0) is 25.1 Å². The van der Waals surface area contributed by atoms with Gasteiger partial charge in [0.25, 0.3) is 5.91 Å². The van der Waals surface area contributed by atoms with E-state index < -0.39 is 0 Å². The molecule has 0 saturated heterocycles. The zero-order valence-corrected chi connectivity index (χ0v) is 17.0. The molecule has 0 saturated carbocycles. The van der Waals surface area contributed by atoms with Crippen LogP contribution in [0.4, 0.5) is 0 Å². The van der Waals surface area contributed by atoms with Gasteiger partial charge in [0, 0.05) is 43.4 Å². The van der Waals surface area contributed by atoms with Crippen LogP contribution in [0.3, 0.4) is 0 Å². The Labute approximate surface area is 168 Å². The van der Waals surface area contributed by atoms with Crippen LogP contribution in [0.25, 0.3) is 11.5 Å². The van der Waals surface area contributed by atoms with Crippen LogP contribution in [0.1, 0.15) is 28.5 Å². The molecule has 0 N–H and O–H groups in total. The average Bonchev–Trinajstić information content (AvgIpc) is 3.36. The summed E-state index contributed by atoms with van der Waals surface area (Å²) in [5.41, 5.74) is 3.50. The van der Waals surface area contributed by atoms with E-state index in [0.29, 0.717) is 30.2 Å². The van der Waals surface area contributed by atoms with Crippen molar-refractivity contribution in [3.05, 3.63) is 41.3 Å². The summed E-state index contributed by atoms with van der Waals surface area (Å²) >= 11 is 0. The Morgan fingerprint density at radius 1 is 1.21 bits per heavy atom. The van der Waals surface area contributed by atoms with E-state index in [2.05, 4.69) is 15.3 Å². The molecule has 3 aromatic rings. The number of benzene rings is 1. The molecule has 4 rings (SSSR count). The number of amides is 1. The molecule has 1 amide bonds. The lowest BCUT2D eigenvalue weighted by molar-refractivity contribution is 0.0733. The maximum atomic E-state index is 13.2. The summed E-state index contributed by atoms with van der Waals surface area (Å²) < 4.78 is 14.5. The predicted molar refractivity (Wildman–Crippen MR) is 106 cm³/mol. The van der Waals surface area contributed by atoms with Gasteiger partial charge in [-0.15, -0.1) is 10.2 Å². The Morgan fingerprint density at radius 3 is 2.72 bits per heavy atom. The lowest BCUT2D eigenvalue weighted by atomic mass is 10.0. The van der Waals surface area contributed by atoms with Gasteiger partial charge in [-0.1, -0.05) is 0 Å². The van der Waals surface area contributed by atoms with Crippen molar-refractivity contribution < 1.29 is 14.3 Å². The number of rotatable bonds is 5. The van der Waals surface area contributed by atoms with E-state index in [0.717, 1.165) is 35.7 Å². The van der Waals surface area contributed by atoms with Crippen molar-refractivity contribution in [3.63, 3.8) is 0 Å². The predicted octanol–water partition coefficient (Wildman–Crippen LogP) is 1.91. The van der Waals surface area contributed by atoms with Crippen molar-refractivity contribution in [1.29, 1.82) is 0 Å². The third kappa shape index (κ3) is 3.22. The van der Waals surface area contributed by atoms with E-state index in [4.69, 9.17) is 9.47 Å². The number of hydrogen-bond donors (Lipinski definition) is 0. The minimum absolute atomic E-state index is 0.0524. The highest BCUT2D eigenvalue weighted by Gasteiger charge is 2.29. The van der Waals surface area contributed by atoms with Gasteiger partial charge in [0.15, 0.2) is 17.3 Å². The van der Waals surface area contributed by atoms with Crippen molar-refractivity contribution in [2.75, 3.05) is 20.8 Å². The molecular formula is C20H24N6O3. The normalized spacial score (nSPS) is 13.3. The topological polar surface area (TPSA) is 87.3 Å². The van der Waals surface area contributed by atoms with Crippen molar-refractivity contribution >= 4 is 5.91 Å². The first-order chi connectivity index (χ1) is 14.1. The fraction of sp³-hybridized carbons (Fsp3) is 0.400. The molecule has 1 aliphatic rings. The van der Waals surface area contributed by atoms with Gasteiger partial charge in [-0.3, -0.25) is 9.48 Å². The Hall–Kier alpha value is -3.36. The molecule has 29 heavy (non-hydrogen) atoms. The smallest absolute Gasteiger partial charge is 0.254 e. The average molecular weight is 396 g/mol. The largest absolute Gasteiger partial charge is 0.493 e. The van der Waals surface area contributed by atoms with E-state index >= 15 is 0 Å². The minimum atomic E-state index is -0.0524. The first kappa shape index (κ1) is 19.0. The number of carbonyl (C=O) groups excluding carboxylic acids is 1. The van der Waals surface area contributed by atoms with Crippen molar-refractivity contribution in [2.45, 2.75) is 26.4 Å². The second kappa shape index (κ2) is 7.57. The van der Waals surface area contributed by atoms with Crippen LogP contribution in [-0.4, -0.2) is 56.1 Å². The molecule has 9 nitrogen and oxygen atoms in total. The Bertz CT molecular complexity index is 1050. The highest BCUT2D eigenvalue weighted by Crippen LogP contribution is 2.31. The maximum Gasteiger partial charge on any atom is 0.254 e. The molecule has 0 atom stereocenters. The number of ether oxygens (including phenoxy) is 2. The first-order valence-electron chi connectivity index (χ1n) is 9.51. The monoisotopic (exact) mass is 396 g/mol. The standard InChI is InChI=1S/C20H24N6O3/c1-5-25-12-21-22-19(25)18-14-11-26(9-8-15(14)24(2)23-18)20(27)13-6-7-16(28-3)17(10-13)29-4/h6-7,10,12H,5,8-9,11H2,1-4H3. The van der Waals surface area contributed by atoms with Crippen LogP contribution in [-0.2, 0) is 26.6 Å². The van der Waals surface area contributed by atoms with E-state index in [1.165, 1.54) is 0 Å². The van der Waals surface area contributed by atoms with Crippen molar-refractivity contribution in [2.24, 2.45) is 7.05 Å². The minimum Gasteiger partial charge on any atom is -0.493 e. The van der Waals surface area contributed by atoms with Gasteiger partial charge < -0.3 is 18.9 Å². The molecule has 1 aliphatic heterocycles. The Kier molecular flexibility index (Phi) is 4.96. The molecule has 152 valence electrons. The molecule has 1 aromatic carbocycles. The van der Waals surface area contributed by atoms with Crippen molar-refractivity contribution in [3.8, 4) is 23.0 Å². The van der Waals surface area contributed by atoms with Gasteiger partial charge in [0.1, 0.15) is 12.0 Å². The fourth-order valence-electron chi connectivity index (χ4n) is 3.77. The Balaban J connectivity index is 1.66. The molecule has 0 aliphatic carbocycles. The van der Waals surface area contributed by atoms with Gasteiger partial charge >= 0.3 is 0 Å². The van der Waals surface area contributed by atoms with Crippen LogP contribution < -0.4 is 9.47 Å². The molecule has 0 fully saturated rings. The number of aryl methyl sites for hydroxylation is 2. The molecule has 0 spiro atoms. The van der Waals surface area contributed by atoms with Crippen LogP contribution in [0.2, 0.25) is 0 Å². The van der Waals surface area contributed by atoms with Gasteiger partial charge in [-0.25, -0.2) is 0 Å². The summed E-state index contributed by atoms with van der Waals surface area (Å²) in [6.07, 6.45) is 2.43. The van der Waals surface area contributed by atoms with Crippen LogP contribution in [0.5, 0.6) is 11.5 Å². The first-order valence-corrected chi connectivity index (χ1v) is 9.51. The second-order valence-corrected chi connectivity index (χ2v) is 6.88. The highest BCUT2D eigenvalue weighted by molar-refractivity contribution is 5.95. The molecule has 3 heterocycles. The summed E-state index contributed by atoms with van der Waals surface area (Å²) in [6.45, 7) is 3.89. The number of aromatic nitrogens is 5.